The second kappa shape index (κ2) is 7.61. The van der Waals surface area contributed by atoms with E-state index in [1.165, 1.54) is 68.5 Å². The highest BCUT2D eigenvalue weighted by Gasteiger charge is 2.82. The van der Waals surface area contributed by atoms with E-state index in [9.17, 15) is 0 Å². The summed E-state index contributed by atoms with van der Waals surface area (Å²) >= 11 is 0. The molecule has 2 aliphatic heterocycles. The van der Waals surface area contributed by atoms with Crippen molar-refractivity contribution in [3.63, 3.8) is 0 Å². The van der Waals surface area contributed by atoms with Crippen LogP contribution in [0.4, 0.5) is 0 Å². The summed E-state index contributed by atoms with van der Waals surface area (Å²) in [6.45, 7) is 8.57. The monoisotopic (exact) mass is 499 g/mol. The molecule has 0 N–H and O–H groups in total. The summed E-state index contributed by atoms with van der Waals surface area (Å²) in [6, 6.07) is 15.9. The molecule has 2 heterocycles. The summed E-state index contributed by atoms with van der Waals surface area (Å²) in [7, 11) is 1.95. The fourth-order valence-corrected chi connectivity index (χ4v) is 10.3. The summed E-state index contributed by atoms with van der Waals surface area (Å²) in [5.41, 5.74) is 5.52. The molecule has 9 rings (SSSR count). The largest absolute Gasteiger partial charge is 0.486 e. The van der Waals surface area contributed by atoms with E-state index in [4.69, 9.17) is 14.2 Å². The molecule has 5 aliphatic carbocycles. The first-order chi connectivity index (χ1) is 18.0. The molecule has 0 amide bonds. The van der Waals surface area contributed by atoms with Crippen LogP contribution in [0.2, 0.25) is 0 Å². The van der Waals surface area contributed by atoms with Crippen molar-refractivity contribution >= 4 is 0 Å². The lowest BCUT2D eigenvalue weighted by Gasteiger charge is -2.76. The van der Waals surface area contributed by atoms with Crippen molar-refractivity contribution in [1.29, 1.82) is 0 Å². The van der Waals surface area contributed by atoms with Gasteiger partial charge < -0.3 is 14.2 Å². The first kappa shape index (κ1) is 23.0. The third-order valence-electron chi connectivity index (χ3n) is 11.9. The van der Waals surface area contributed by atoms with E-state index in [-0.39, 0.29) is 27.9 Å². The molecule has 2 aromatic carbocycles. The van der Waals surface area contributed by atoms with Crippen molar-refractivity contribution in [2.24, 2.45) is 16.7 Å². The summed E-state index contributed by atoms with van der Waals surface area (Å²) in [4.78, 5) is 2.93. The van der Waals surface area contributed by atoms with Gasteiger partial charge in [-0.1, -0.05) is 49.4 Å². The van der Waals surface area contributed by atoms with Crippen molar-refractivity contribution in [1.82, 2.24) is 4.90 Å². The topological polar surface area (TPSA) is 30.9 Å². The molecule has 6 atom stereocenters. The summed E-state index contributed by atoms with van der Waals surface area (Å²) < 4.78 is 20.5. The van der Waals surface area contributed by atoms with E-state index >= 15 is 0 Å². The Morgan fingerprint density at radius 3 is 2.68 bits per heavy atom. The average molecular weight is 500 g/mol. The van der Waals surface area contributed by atoms with Gasteiger partial charge in [0.1, 0.15) is 17.5 Å². The van der Waals surface area contributed by atoms with Crippen molar-refractivity contribution in [2.75, 3.05) is 26.8 Å². The normalized spacial score (nSPS) is 40.9. The van der Waals surface area contributed by atoms with Crippen LogP contribution in [-0.4, -0.2) is 49.5 Å². The summed E-state index contributed by atoms with van der Waals surface area (Å²) in [6.07, 6.45) is 8.77. The van der Waals surface area contributed by atoms with E-state index in [1.807, 2.05) is 7.11 Å². The van der Waals surface area contributed by atoms with Crippen LogP contribution in [0.15, 0.2) is 42.5 Å². The molecule has 4 nitrogen and oxygen atoms in total. The molecule has 4 saturated carbocycles. The lowest BCUT2D eigenvalue weighted by Crippen LogP contribution is -2.83. The number of hydrogen-bond acceptors (Lipinski definition) is 4. The number of aryl methyl sites for hydroxylation is 1. The van der Waals surface area contributed by atoms with Gasteiger partial charge in [-0.25, -0.2) is 0 Å². The quantitative estimate of drug-likeness (QED) is 0.480. The molecule has 37 heavy (non-hydrogen) atoms. The predicted molar refractivity (Wildman–Crippen MR) is 144 cm³/mol. The van der Waals surface area contributed by atoms with Gasteiger partial charge in [0.15, 0.2) is 0 Å². The van der Waals surface area contributed by atoms with Gasteiger partial charge in [-0.3, -0.25) is 4.90 Å². The van der Waals surface area contributed by atoms with Gasteiger partial charge in [-0.05, 0) is 81.0 Å². The van der Waals surface area contributed by atoms with Crippen molar-refractivity contribution < 1.29 is 14.2 Å². The third kappa shape index (κ3) is 2.75. The Balaban J connectivity index is 1.25. The van der Waals surface area contributed by atoms with Crippen LogP contribution in [0, 0.1) is 23.7 Å². The zero-order valence-corrected chi connectivity index (χ0v) is 22.7. The minimum absolute atomic E-state index is 0.0681. The maximum absolute atomic E-state index is 7.22. The molecule has 196 valence electrons. The van der Waals surface area contributed by atoms with E-state index in [0.29, 0.717) is 19.3 Å². The first-order valence-corrected chi connectivity index (χ1v) is 14.7. The number of benzene rings is 2. The molecule has 4 bridgehead atoms. The van der Waals surface area contributed by atoms with E-state index in [2.05, 4.69) is 61.2 Å². The number of ether oxygens (including phenoxy) is 3. The molecule has 2 spiro atoms. The third-order valence-corrected chi connectivity index (χ3v) is 11.9. The molecule has 1 saturated heterocycles. The van der Waals surface area contributed by atoms with Crippen LogP contribution in [0.5, 0.6) is 5.75 Å². The number of hydrogen-bond donors (Lipinski definition) is 0. The molecular formula is C33H41NO3. The number of piperidine rings is 1. The Kier molecular flexibility index (Phi) is 4.74. The van der Waals surface area contributed by atoms with E-state index in [0.717, 1.165) is 12.3 Å². The molecular weight excluding hydrogens is 458 g/mol. The van der Waals surface area contributed by atoms with Crippen LogP contribution < -0.4 is 4.74 Å². The van der Waals surface area contributed by atoms with Crippen LogP contribution in [-0.2, 0) is 27.9 Å². The molecule has 5 fully saturated rings. The fraction of sp³-hybridized carbons (Fsp3) is 0.636. The highest BCUT2D eigenvalue weighted by atomic mass is 16.6. The van der Waals surface area contributed by atoms with E-state index in [1.54, 1.807) is 11.1 Å². The van der Waals surface area contributed by atoms with Gasteiger partial charge >= 0.3 is 0 Å². The average Bonchev–Trinajstić information content (AvgIpc) is 3.64. The number of likely N-dealkylation sites (tertiary alicyclic amines) is 1. The lowest BCUT2D eigenvalue weighted by molar-refractivity contribution is -0.314. The Labute approximate surface area is 221 Å². The lowest BCUT2D eigenvalue weighted by atomic mass is 9.32. The van der Waals surface area contributed by atoms with Gasteiger partial charge in [0.05, 0.1) is 13.2 Å². The zero-order valence-electron chi connectivity index (χ0n) is 22.7. The first-order valence-electron chi connectivity index (χ1n) is 14.7. The Morgan fingerprint density at radius 2 is 1.89 bits per heavy atom. The van der Waals surface area contributed by atoms with Gasteiger partial charge in [-0.15, -0.1) is 0 Å². The number of methoxy groups -OCH3 is 1. The second-order valence-corrected chi connectivity index (χ2v) is 13.6. The highest BCUT2D eigenvalue weighted by molar-refractivity contribution is 5.61. The highest BCUT2D eigenvalue weighted by Crippen LogP contribution is 2.78. The van der Waals surface area contributed by atoms with Gasteiger partial charge in [-0.2, -0.15) is 0 Å². The van der Waals surface area contributed by atoms with Crippen molar-refractivity contribution in [2.45, 2.75) is 88.6 Å². The summed E-state index contributed by atoms with van der Waals surface area (Å²) in [5.74, 6) is 2.11. The molecule has 2 aromatic rings. The van der Waals surface area contributed by atoms with Gasteiger partial charge in [0, 0.05) is 41.5 Å². The van der Waals surface area contributed by atoms with Crippen LogP contribution in [0.3, 0.4) is 0 Å². The standard InChI is InChI=1S/C33H41NO3/c1-22-9-12-25-17-26-31-13-14-33(35-3,30(2,20-31)21-36-19-24-7-5-4-6-8-24)29-32(31,27(25)28(22)37-29)15-16-34(26)18-23-10-11-23/h4-9,12,23,26,29H,10-11,13-21H2,1-3H3/t26-,29-,30-,31-,32+,33?/m1/s1. The SMILES string of the molecule is COC12CC[C@@]3(C[C@]1(C)COCc1ccccc1)[C@H]1Cc4ccc(C)c5c4[C@@]3(CCN1CC1CC1)[C@H]2O5. The van der Waals surface area contributed by atoms with Crippen LogP contribution >= 0.6 is 0 Å². The van der Waals surface area contributed by atoms with Crippen LogP contribution in [0.25, 0.3) is 0 Å². The summed E-state index contributed by atoms with van der Waals surface area (Å²) in [5, 5.41) is 0. The minimum atomic E-state index is -0.339. The van der Waals surface area contributed by atoms with Crippen molar-refractivity contribution in [3.05, 3.63) is 64.7 Å². The minimum Gasteiger partial charge on any atom is -0.486 e. The van der Waals surface area contributed by atoms with Crippen LogP contribution in [0.1, 0.15) is 67.7 Å². The number of nitrogens with zero attached hydrogens (tertiary/aromatic N) is 1. The maximum Gasteiger partial charge on any atom is 0.139 e. The van der Waals surface area contributed by atoms with Gasteiger partial charge in [0.25, 0.3) is 0 Å². The Bertz CT molecular complexity index is 1240. The number of rotatable bonds is 7. The van der Waals surface area contributed by atoms with Gasteiger partial charge in [0.2, 0.25) is 0 Å². The maximum atomic E-state index is 7.22. The predicted octanol–water partition coefficient (Wildman–Crippen LogP) is 5.83. The zero-order chi connectivity index (χ0) is 25.0. The molecule has 0 aromatic heterocycles. The molecule has 0 radical (unpaired) electrons. The Hall–Kier alpha value is -1.88. The number of fused-ring (bicyclic) bond motifs is 2. The van der Waals surface area contributed by atoms with E-state index < -0.39 is 0 Å². The second-order valence-electron chi connectivity index (χ2n) is 13.6. The van der Waals surface area contributed by atoms with Crippen molar-refractivity contribution in [3.8, 4) is 5.75 Å². The molecule has 7 aliphatic rings. The Morgan fingerprint density at radius 1 is 1.05 bits per heavy atom. The smallest absolute Gasteiger partial charge is 0.139 e. The molecule has 4 heteroatoms. The molecule has 1 unspecified atom stereocenters. The fourth-order valence-electron chi connectivity index (χ4n) is 10.3.